The van der Waals surface area contributed by atoms with E-state index < -0.39 is 9.84 Å². The predicted molar refractivity (Wildman–Crippen MR) is 63.4 cm³/mol. The molecule has 5 heteroatoms. The number of nitrogens with zero attached hydrogens (tertiary/aromatic N) is 1. The van der Waals surface area contributed by atoms with E-state index in [0.717, 1.165) is 5.56 Å². The fourth-order valence-corrected chi connectivity index (χ4v) is 2.17. The van der Waals surface area contributed by atoms with Gasteiger partial charge < -0.3 is 4.74 Å². The summed E-state index contributed by atoms with van der Waals surface area (Å²) in [6.45, 7) is 4.07. The number of methoxy groups -OCH3 is 1. The third kappa shape index (κ3) is 3.48. The van der Waals surface area contributed by atoms with Gasteiger partial charge in [0, 0.05) is 18.0 Å². The normalized spacial score (nSPS) is 11.8. The second-order valence-corrected chi connectivity index (χ2v) is 6.30. The number of pyridine rings is 1. The highest BCUT2D eigenvalue weighted by molar-refractivity contribution is 7.89. The van der Waals surface area contributed by atoms with Crippen molar-refractivity contribution in [1.29, 1.82) is 0 Å². The Bertz CT molecular complexity index is 466. The number of hydrogen-bond acceptors (Lipinski definition) is 4. The summed E-state index contributed by atoms with van der Waals surface area (Å²) < 4.78 is 27.6. The standard InChI is InChI=1S/C11H17NO3S/c1-8(2)9-5-10(7-16(4,13)14)11(15-3)12-6-9/h5-6,8H,7H2,1-4H3. The molecular weight excluding hydrogens is 226 g/mol. The molecule has 0 aliphatic rings. The maximum atomic E-state index is 11.3. The van der Waals surface area contributed by atoms with Crippen LogP contribution >= 0.6 is 0 Å². The van der Waals surface area contributed by atoms with Crippen LogP contribution in [0, 0.1) is 0 Å². The van der Waals surface area contributed by atoms with Crippen molar-refractivity contribution in [1.82, 2.24) is 4.98 Å². The smallest absolute Gasteiger partial charge is 0.217 e. The van der Waals surface area contributed by atoms with E-state index in [9.17, 15) is 8.42 Å². The molecule has 0 fully saturated rings. The summed E-state index contributed by atoms with van der Waals surface area (Å²) in [6.07, 6.45) is 2.92. The van der Waals surface area contributed by atoms with Crippen molar-refractivity contribution in [3.8, 4) is 5.88 Å². The van der Waals surface area contributed by atoms with E-state index in [-0.39, 0.29) is 5.75 Å². The highest BCUT2D eigenvalue weighted by Gasteiger charge is 2.13. The molecule has 0 aromatic carbocycles. The SMILES string of the molecule is COc1ncc(C(C)C)cc1CS(C)(=O)=O. The van der Waals surface area contributed by atoms with Crippen LogP contribution in [0.1, 0.15) is 30.9 Å². The molecule has 0 aliphatic carbocycles. The molecule has 0 bridgehead atoms. The molecule has 16 heavy (non-hydrogen) atoms. The Labute approximate surface area is 96.6 Å². The van der Waals surface area contributed by atoms with Crippen LogP contribution in [0.5, 0.6) is 5.88 Å². The van der Waals surface area contributed by atoms with Gasteiger partial charge in [0.25, 0.3) is 0 Å². The van der Waals surface area contributed by atoms with Crippen molar-refractivity contribution in [2.24, 2.45) is 0 Å². The van der Waals surface area contributed by atoms with Crippen molar-refractivity contribution < 1.29 is 13.2 Å². The third-order valence-electron chi connectivity index (χ3n) is 2.22. The number of ether oxygens (including phenoxy) is 1. The lowest BCUT2D eigenvalue weighted by molar-refractivity contribution is 0.393. The van der Waals surface area contributed by atoms with Crippen LogP contribution < -0.4 is 4.74 Å². The summed E-state index contributed by atoms with van der Waals surface area (Å²) in [6, 6.07) is 1.84. The first-order valence-corrected chi connectivity index (χ1v) is 7.10. The molecule has 1 heterocycles. The van der Waals surface area contributed by atoms with Gasteiger partial charge in [-0.15, -0.1) is 0 Å². The highest BCUT2D eigenvalue weighted by Crippen LogP contribution is 2.22. The molecule has 0 saturated heterocycles. The first-order chi connectivity index (χ1) is 7.33. The van der Waals surface area contributed by atoms with Gasteiger partial charge >= 0.3 is 0 Å². The molecule has 0 atom stereocenters. The first-order valence-electron chi connectivity index (χ1n) is 5.04. The summed E-state index contributed by atoms with van der Waals surface area (Å²) >= 11 is 0. The minimum absolute atomic E-state index is 0.0380. The quantitative estimate of drug-likeness (QED) is 0.808. The van der Waals surface area contributed by atoms with Gasteiger partial charge in [-0.2, -0.15) is 0 Å². The molecule has 90 valence electrons. The summed E-state index contributed by atoms with van der Waals surface area (Å²) in [4.78, 5) is 4.12. The maximum absolute atomic E-state index is 11.3. The Morgan fingerprint density at radius 3 is 2.50 bits per heavy atom. The number of sulfone groups is 1. The molecule has 0 unspecified atom stereocenters. The Kier molecular flexibility index (Phi) is 3.91. The third-order valence-corrected chi connectivity index (χ3v) is 3.06. The minimum Gasteiger partial charge on any atom is -0.481 e. The van der Waals surface area contributed by atoms with E-state index in [0.29, 0.717) is 17.4 Å². The van der Waals surface area contributed by atoms with Gasteiger partial charge in [-0.25, -0.2) is 13.4 Å². The van der Waals surface area contributed by atoms with Gasteiger partial charge in [-0.05, 0) is 17.5 Å². The second-order valence-electron chi connectivity index (χ2n) is 4.16. The fourth-order valence-electron chi connectivity index (χ4n) is 1.40. The average molecular weight is 243 g/mol. The van der Waals surface area contributed by atoms with E-state index in [2.05, 4.69) is 4.98 Å². The largest absolute Gasteiger partial charge is 0.481 e. The molecule has 1 aromatic heterocycles. The average Bonchev–Trinajstić information content (AvgIpc) is 2.15. The summed E-state index contributed by atoms with van der Waals surface area (Å²) in [5.41, 5.74) is 1.63. The maximum Gasteiger partial charge on any atom is 0.217 e. The van der Waals surface area contributed by atoms with Crippen LogP contribution in [-0.4, -0.2) is 26.8 Å². The van der Waals surface area contributed by atoms with E-state index in [1.165, 1.54) is 13.4 Å². The van der Waals surface area contributed by atoms with E-state index >= 15 is 0 Å². The van der Waals surface area contributed by atoms with Crippen LogP contribution in [0.2, 0.25) is 0 Å². The molecule has 0 spiro atoms. The van der Waals surface area contributed by atoms with Crippen molar-refractivity contribution in [2.45, 2.75) is 25.5 Å². The zero-order chi connectivity index (χ0) is 12.3. The van der Waals surface area contributed by atoms with Crippen molar-refractivity contribution in [2.75, 3.05) is 13.4 Å². The van der Waals surface area contributed by atoms with Crippen LogP contribution in [-0.2, 0) is 15.6 Å². The monoisotopic (exact) mass is 243 g/mol. The zero-order valence-electron chi connectivity index (χ0n) is 10.0. The van der Waals surface area contributed by atoms with E-state index in [1.54, 1.807) is 6.20 Å². The van der Waals surface area contributed by atoms with E-state index in [4.69, 9.17) is 4.74 Å². The van der Waals surface area contributed by atoms with Crippen LogP contribution in [0.3, 0.4) is 0 Å². The molecule has 0 amide bonds. The van der Waals surface area contributed by atoms with Crippen molar-refractivity contribution >= 4 is 9.84 Å². The lowest BCUT2D eigenvalue weighted by atomic mass is 10.0. The lowest BCUT2D eigenvalue weighted by Crippen LogP contribution is -2.05. The molecule has 4 nitrogen and oxygen atoms in total. The molecule has 1 aromatic rings. The Morgan fingerprint density at radius 1 is 1.44 bits per heavy atom. The summed E-state index contributed by atoms with van der Waals surface area (Å²) in [7, 11) is -1.58. The van der Waals surface area contributed by atoms with Gasteiger partial charge in [0.2, 0.25) is 5.88 Å². The molecule has 0 saturated carbocycles. The predicted octanol–water partition coefficient (Wildman–Crippen LogP) is 1.76. The highest BCUT2D eigenvalue weighted by atomic mass is 32.2. The molecule has 0 radical (unpaired) electrons. The van der Waals surface area contributed by atoms with E-state index in [1.807, 2.05) is 19.9 Å². The second kappa shape index (κ2) is 4.82. The van der Waals surface area contributed by atoms with Gasteiger partial charge in [0.1, 0.15) is 0 Å². The van der Waals surface area contributed by atoms with Crippen LogP contribution in [0.4, 0.5) is 0 Å². The van der Waals surface area contributed by atoms with Gasteiger partial charge in [-0.3, -0.25) is 0 Å². The van der Waals surface area contributed by atoms with Crippen molar-refractivity contribution in [3.63, 3.8) is 0 Å². The molecule has 0 aliphatic heterocycles. The Morgan fingerprint density at radius 2 is 2.06 bits per heavy atom. The van der Waals surface area contributed by atoms with Gasteiger partial charge in [-0.1, -0.05) is 13.8 Å². The van der Waals surface area contributed by atoms with Gasteiger partial charge in [0.15, 0.2) is 9.84 Å². The number of hydrogen-bond donors (Lipinski definition) is 0. The fraction of sp³-hybridized carbons (Fsp3) is 0.545. The molecule has 1 rings (SSSR count). The van der Waals surface area contributed by atoms with Crippen LogP contribution in [0.15, 0.2) is 12.3 Å². The minimum atomic E-state index is -3.07. The number of aromatic nitrogens is 1. The Hall–Kier alpha value is -1.10. The van der Waals surface area contributed by atoms with Crippen molar-refractivity contribution in [3.05, 3.63) is 23.4 Å². The summed E-state index contributed by atoms with van der Waals surface area (Å²) in [5, 5.41) is 0. The zero-order valence-corrected chi connectivity index (χ0v) is 10.8. The van der Waals surface area contributed by atoms with Gasteiger partial charge in [0.05, 0.1) is 12.9 Å². The van der Waals surface area contributed by atoms with Crippen LogP contribution in [0.25, 0.3) is 0 Å². The summed E-state index contributed by atoms with van der Waals surface area (Å²) in [5.74, 6) is 0.663. The Balaban J connectivity index is 3.17. The lowest BCUT2D eigenvalue weighted by Gasteiger charge is -2.10. The molecule has 0 N–H and O–H groups in total. The topological polar surface area (TPSA) is 56.3 Å². The number of rotatable bonds is 4. The first kappa shape index (κ1) is 13.0. The molecular formula is C11H17NO3S.